The molecule has 0 aliphatic carbocycles. The zero-order chi connectivity index (χ0) is 21.7. The van der Waals surface area contributed by atoms with Crippen molar-refractivity contribution in [1.82, 2.24) is 34.7 Å². The van der Waals surface area contributed by atoms with Crippen LogP contribution in [0.4, 0.5) is 11.6 Å². The van der Waals surface area contributed by atoms with Crippen molar-refractivity contribution in [3.05, 3.63) is 30.6 Å². The first-order valence-electron chi connectivity index (χ1n) is 11.2. The lowest BCUT2D eigenvalue weighted by atomic mass is 10.1. The maximum Gasteiger partial charge on any atom is 0.169 e. The fourth-order valence-electron chi connectivity index (χ4n) is 4.82. The van der Waals surface area contributed by atoms with Crippen LogP contribution in [-0.2, 0) is 11.8 Å². The number of aromatic nitrogens is 7. The van der Waals surface area contributed by atoms with E-state index in [1.807, 2.05) is 28.7 Å². The van der Waals surface area contributed by atoms with Crippen molar-refractivity contribution in [2.75, 3.05) is 42.6 Å². The predicted octanol–water partition coefficient (Wildman–Crippen LogP) is 2.37. The van der Waals surface area contributed by atoms with E-state index < -0.39 is 0 Å². The Morgan fingerprint density at radius 2 is 2.00 bits per heavy atom. The van der Waals surface area contributed by atoms with Crippen molar-refractivity contribution in [3.63, 3.8) is 0 Å². The van der Waals surface area contributed by atoms with Crippen molar-refractivity contribution in [2.24, 2.45) is 7.05 Å². The molecule has 6 heterocycles. The molecule has 0 spiro atoms. The number of pyridine rings is 1. The zero-order valence-electron chi connectivity index (χ0n) is 18.4. The van der Waals surface area contributed by atoms with Crippen molar-refractivity contribution >= 4 is 22.7 Å². The summed E-state index contributed by atoms with van der Waals surface area (Å²) in [6, 6.07) is 6.42. The van der Waals surface area contributed by atoms with Crippen LogP contribution in [0.3, 0.4) is 0 Å². The molecule has 1 N–H and O–H groups in total. The number of H-pyrrole nitrogens is 1. The van der Waals surface area contributed by atoms with Gasteiger partial charge in [0.1, 0.15) is 5.82 Å². The Morgan fingerprint density at radius 3 is 2.72 bits per heavy atom. The van der Waals surface area contributed by atoms with Crippen molar-refractivity contribution in [2.45, 2.75) is 25.8 Å². The highest BCUT2D eigenvalue weighted by molar-refractivity contribution is 6.02. The molecule has 2 aliphatic heterocycles. The number of aromatic amines is 1. The third kappa shape index (κ3) is 3.05. The van der Waals surface area contributed by atoms with E-state index in [1.54, 1.807) is 6.20 Å². The molecule has 32 heavy (non-hydrogen) atoms. The van der Waals surface area contributed by atoms with Gasteiger partial charge in [0, 0.05) is 44.5 Å². The molecule has 4 aromatic heterocycles. The lowest BCUT2D eigenvalue weighted by molar-refractivity contribution is 0.0985. The van der Waals surface area contributed by atoms with E-state index in [-0.39, 0.29) is 6.04 Å². The molecular weight excluding hydrogens is 406 g/mol. The maximum atomic E-state index is 5.68. The molecule has 0 amide bonds. The summed E-state index contributed by atoms with van der Waals surface area (Å²) in [5, 5.41) is 17.8. The highest BCUT2D eigenvalue weighted by Gasteiger charge is 2.28. The quantitative estimate of drug-likeness (QED) is 0.528. The van der Waals surface area contributed by atoms with Crippen LogP contribution < -0.4 is 9.80 Å². The van der Waals surface area contributed by atoms with E-state index >= 15 is 0 Å². The number of rotatable bonds is 4. The maximum absolute atomic E-state index is 5.68. The highest BCUT2D eigenvalue weighted by atomic mass is 16.5. The van der Waals surface area contributed by atoms with Crippen LogP contribution in [0, 0.1) is 0 Å². The Balaban J connectivity index is 1.65. The van der Waals surface area contributed by atoms with Crippen molar-refractivity contribution in [3.8, 4) is 17.1 Å². The molecule has 10 nitrogen and oxygen atoms in total. The summed E-state index contributed by atoms with van der Waals surface area (Å²) in [5.41, 5.74) is 2.96. The van der Waals surface area contributed by atoms with Gasteiger partial charge in [0.15, 0.2) is 17.3 Å². The van der Waals surface area contributed by atoms with Gasteiger partial charge in [-0.3, -0.25) is 9.78 Å². The average Bonchev–Trinajstić information content (AvgIpc) is 3.59. The number of morpholine rings is 1. The first-order chi connectivity index (χ1) is 15.7. The van der Waals surface area contributed by atoms with Gasteiger partial charge in [-0.15, -0.1) is 5.10 Å². The van der Waals surface area contributed by atoms with Gasteiger partial charge in [0.25, 0.3) is 0 Å². The predicted molar refractivity (Wildman–Crippen MR) is 122 cm³/mol. The third-order valence-electron chi connectivity index (χ3n) is 6.48. The highest BCUT2D eigenvalue weighted by Crippen LogP contribution is 2.39. The van der Waals surface area contributed by atoms with E-state index in [0.29, 0.717) is 13.2 Å². The first kappa shape index (κ1) is 19.3. The Hall–Kier alpha value is -3.40. The minimum absolute atomic E-state index is 0.245. The smallest absolute Gasteiger partial charge is 0.169 e. The van der Waals surface area contributed by atoms with Gasteiger partial charge in [-0.2, -0.15) is 14.9 Å². The fraction of sp³-hybridized carbons (Fsp3) is 0.455. The molecule has 166 valence electrons. The van der Waals surface area contributed by atoms with Gasteiger partial charge in [-0.05, 0) is 31.9 Å². The molecule has 0 bridgehead atoms. The second kappa shape index (κ2) is 7.63. The van der Waals surface area contributed by atoms with Crippen molar-refractivity contribution < 1.29 is 4.74 Å². The van der Waals surface area contributed by atoms with Crippen LogP contribution in [0.1, 0.15) is 19.8 Å². The number of nitrogens with zero attached hydrogens (tertiary/aromatic N) is 8. The second-order valence-electron chi connectivity index (χ2n) is 8.56. The van der Waals surface area contributed by atoms with Crippen LogP contribution >= 0.6 is 0 Å². The topological polar surface area (TPSA) is 92.9 Å². The summed E-state index contributed by atoms with van der Waals surface area (Å²) >= 11 is 0. The number of aryl methyl sites for hydroxylation is 1. The Bertz CT molecular complexity index is 1240. The molecule has 2 fully saturated rings. The monoisotopic (exact) mass is 433 g/mol. The first-order valence-corrected chi connectivity index (χ1v) is 11.2. The molecule has 0 unspecified atom stereocenters. The summed E-state index contributed by atoms with van der Waals surface area (Å²) in [4.78, 5) is 9.86. The van der Waals surface area contributed by atoms with E-state index in [1.165, 1.54) is 12.8 Å². The summed E-state index contributed by atoms with van der Waals surface area (Å²) in [6.07, 6.45) is 5.94. The van der Waals surface area contributed by atoms with Crippen LogP contribution in [0.5, 0.6) is 0 Å². The Morgan fingerprint density at radius 1 is 1.12 bits per heavy atom. The Kier molecular flexibility index (Phi) is 4.60. The van der Waals surface area contributed by atoms with Gasteiger partial charge in [0.05, 0.1) is 36.5 Å². The third-order valence-corrected chi connectivity index (χ3v) is 6.48. The molecule has 2 aliphatic rings. The number of hydrogen-bond donors (Lipinski definition) is 1. The van der Waals surface area contributed by atoms with Crippen LogP contribution in [0.15, 0.2) is 30.6 Å². The zero-order valence-corrected chi connectivity index (χ0v) is 18.4. The van der Waals surface area contributed by atoms with Crippen LogP contribution in [0.2, 0.25) is 0 Å². The molecule has 4 aromatic rings. The van der Waals surface area contributed by atoms with E-state index in [0.717, 1.165) is 59.4 Å². The summed E-state index contributed by atoms with van der Waals surface area (Å²) < 4.78 is 9.49. The number of anilines is 2. The minimum Gasteiger partial charge on any atom is -0.377 e. The van der Waals surface area contributed by atoms with Gasteiger partial charge in [0.2, 0.25) is 0 Å². The molecule has 0 aromatic carbocycles. The van der Waals surface area contributed by atoms with Crippen molar-refractivity contribution in [1.29, 1.82) is 0 Å². The average molecular weight is 434 g/mol. The summed E-state index contributed by atoms with van der Waals surface area (Å²) in [7, 11) is 1.98. The van der Waals surface area contributed by atoms with Gasteiger partial charge < -0.3 is 14.5 Å². The van der Waals surface area contributed by atoms with Crippen LogP contribution in [-0.4, -0.2) is 73.6 Å². The largest absolute Gasteiger partial charge is 0.377 e. The molecule has 0 saturated carbocycles. The van der Waals surface area contributed by atoms with Gasteiger partial charge >= 0.3 is 0 Å². The molecule has 0 radical (unpaired) electrons. The molecule has 2 saturated heterocycles. The standard InChI is InChI=1S/C22H27N9O/c1-15-14-32-12-11-30(15)19-13-16(17-5-8-24-28(17)2)20-21(25-19)31(18-6-7-23-26-18)27-22(20)29-9-3-4-10-29/h5-8,13,15H,3-4,9-12,14H2,1-2H3,(H,23,26)/t15-/m1/s1. The molecule has 10 heteroatoms. The van der Waals surface area contributed by atoms with E-state index in [2.05, 4.69) is 44.2 Å². The fourth-order valence-corrected chi connectivity index (χ4v) is 4.82. The van der Waals surface area contributed by atoms with E-state index in [4.69, 9.17) is 14.8 Å². The lowest BCUT2D eigenvalue weighted by Crippen LogP contribution is -2.44. The second-order valence-corrected chi connectivity index (χ2v) is 8.56. The van der Waals surface area contributed by atoms with E-state index in [9.17, 15) is 0 Å². The number of ether oxygens (including phenoxy) is 1. The van der Waals surface area contributed by atoms with Gasteiger partial charge in [-0.25, -0.2) is 4.98 Å². The van der Waals surface area contributed by atoms with Gasteiger partial charge in [-0.1, -0.05) is 0 Å². The SMILES string of the molecule is C[C@@H]1COCCN1c1cc(-c2ccnn2C)c2c(N3CCCC3)nn(-c3ccn[nH]3)c2n1. The number of hydrogen-bond acceptors (Lipinski definition) is 7. The number of nitrogens with one attached hydrogen (secondary N) is 1. The molecule has 1 atom stereocenters. The molecule has 6 rings (SSSR count). The lowest BCUT2D eigenvalue weighted by Gasteiger charge is -2.34. The minimum atomic E-state index is 0.245. The molecular formula is C22H27N9O. The van der Waals surface area contributed by atoms with Crippen LogP contribution in [0.25, 0.3) is 28.1 Å². The normalized spacial score (nSPS) is 19.4. The number of fused-ring (bicyclic) bond motifs is 1. The summed E-state index contributed by atoms with van der Waals surface area (Å²) in [6.45, 7) is 6.38. The Labute approximate surface area is 185 Å². The summed E-state index contributed by atoms with van der Waals surface area (Å²) in [5.74, 6) is 2.70.